The van der Waals surface area contributed by atoms with E-state index in [9.17, 15) is 12.8 Å². The molecule has 106 valence electrons. The summed E-state index contributed by atoms with van der Waals surface area (Å²) in [6.07, 6.45) is 2.09. The highest BCUT2D eigenvalue weighted by molar-refractivity contribution is 9.10. The molecule has 1 saturated carbocycles. The van der Waals surface area contributed by atoms with Crippen molar-refractivity contribution < 1.29 is 12.8 Å². The van der Waals surface area contributed by atoms with E-state index in [4.69, 9.17) is 5.73 Å². The molecule has 0 bridgehead atoms. The number of hydrogen-bond donors (Lipinski definition) is 1. The predicted molar refractivity (Wildman–Crippen MR) is 75.6 cm³/mol. The minimum atomic E-state index is -3.70. The van der Waals surface area contributed by atoms with Gasteiger partial charge in [0.05, 0.1) is 10.2 Å². The van der Waals surface area contributed by atoms with Crippen molar-refractivity contribution in [2.24, 2.45) is 5.92 Å². The summed E-state index contributed by atoms with van der Waals surface area (Å²) in [4.78, 5) is -0.0595. The number of benzene rings is 1. The number of sulfonamides is 1. The zero-order valence-electron chi connectivity index (χ0n) is 10.7. The third kappa shape index (κ3) is 2.78. The highest BCUT2D eigenvalue weighted by atomic mass is 79.9. The summed E-state index contributed by atoms with van der Waals surface area (Å²) in [6, 6.07) is 2.16. The molecule has 1 aliphatic carbocycles. The summed E-state index contributed by atoms with van der Waals surface area (Å²) in [5.74, 6) is -0.167. The molecular formula is C12H16BrFN2O2S. The molecule has 19 heavy (non-hydrogen) atoms. The van der Waals surface area contributed by atoms with E-state index < -0.39 is 15.8 Å². The molecule has 0 radical (unpaired) electrons. The summed E-state index contributed by atoms with van der Waals surface area (Å²) < 4.78 is 39.7. The first-order valence-electron chi connectivity index (χ1n) is 5.97. The van der Waals surface area contributed by atoms with E-state index in [1.807, 2.05) is 6.92 Å². The molecule has 0 amide bonds. The van der Waals surface area contributed by atoms with E-state index in [1.165, 1.54) is 17.4 Å². The van der Waals surface area contributed by atoms with Crippen molar-refractivity contribution in [1.82, 2.24) is 4.31 Å². The van der Waals surface area contributed by atoms with Gasteiger partial charge in [0.25, 0.3) is 0 Å². The molecule has 1 aromatic rings. The van der Waals surface area contributed by atoms with E-state index >= 15 is 0 Å². The molecule has 1 unspecified atom stereocenters. The first-order valence-corrected chi connectivity index (χ1v) is 8.21. The van der Waals surface area contributed by atoms with Crippen LogP contribution in [0.5, 0.6) is 0 Å². The molecule has 2 N–H and O–H groups in total. The molecular weight excluding hydrogens is 335 g/mol. The number of rotatable bonds is 4. The van der Waals surface area contributed by atoms with E-state index in [1.54, 1.807) is 0 Å². The first-order chi connectivity index (χ1) is 8.75. The molecule has 0 aromatic heterocycles. The Hall–Kier alpha value is -0.660. The van der Waals surface area contributed by atoms with E-state index in [0.717, 1.165) is 18.9 Å². The van der Waals surface area contributed by atoms with Gasteiger partial charge in [0.1, 0.15) is 10.7 Å². The van der Waals surface area contributed by atoms with E-state index in [2.05, 4.69) is 15.9 Å². The topological polar surface area (TPSA) is 63.4 Å². The fraction of sp³-hybridized carbons (Fsp3) is 0.500. The molecule has 7 heteroatoms. The second kappa shape index (κ2) is 5.03. The average Bonchev–Trinajstić information content (AvgIpc) is 3.15. The van der Waals surface area contributed by atoms with Gasteiger partial charge in [-0.3, -0.25) is 0 Å². The number of hydrogen-bond acceptors (Lipinski definition) is 3. The van der Waals surface area contributed by atoms with Gasteiger partial charge in [0.15, 0.2) is 0 Å². The Morgan fingerprint density at radius 1 is 1.47 bits per heavy atom. The van der Waals surface area contributed by atoms with Crippen LogP contribution in [0.15, 0.2) is 21.5 Å². The Kier molecular flexibility index (Phi) is 3.90. The van der Waals surface area contributed by atoms with Gasteiger partial charge in [-0.05, 0) is 53.7 Å². The van der Waals surface area contributed by atoms with Crippen molar-refractivity contribution in [3.05, 3.63) is 22.4 Å². The molecule has 0 spiro atoms. The molecule has 4 nitrogen and oxygen atoms in total. The van der Waals surface area contributed by atoms with Crippen LogP contribution in [0.3, 0.4) is 0 Å². The SMILES string of the molecule is CC(C1CC1)N(C)S(=O)(=O)c1cc(Br)c(F)cc1N. The second-order valence-electron chi connectivity index (χ2n) is 4.90. The van der Waals surface area contributed by atoms with Crippen molar-refractivity contribution in [2.75, 3.05) is 12.8 Å². The van der Waals surface area contributed by atoms with Gasteiger partial charge in [0.2, 0.25) is 10.0 Å². The summed E-state index contributed by atoms with van der Waals surface area (Å²) >= 11 is 2.99. The fourth-order valence-corrected chi connectivity index (χ4v) is 4.06. The maximum absolute atomic E-state index is 13.3. The molecule has 0 heterocycles. The molecule has 0 saturated heterocycles. The molecule has 1 fully saturated rings. The predicted octanol–water partition coefficient (Wildman–Crippen LogP) is 2.59. The number of nitrogen functional groups attached to an aromatic ring is 1. The first kappa shape index (κ1) is 14.7. The molecule has 0 aliphatic heterocycles. The Morgan fingerprint density at radius 3 is 2.58 bits per heavy atom. The highest BCUT2D eigenvalue weighted by Crippen LogP contribution is 2.37. The zero-order chi connectivity index (χ0) is 14.4. The van der Waals surface area contributed by atoms with Crippen LogP contribution in [0.1, 0.15) is 19.8 Å². The lowest BCUT2D eigenvalue weighted by atomic mass is 10.2. The minimum Gasteiger partial charge on any atom is -0.398 e. The second-order valence-corrected chi connectivity index (χ2v) is 7.72. The largest absolute Gasteiger partial charge is 0.398 e. The number of nitrogens with two attached hydrogens (primary N) is 1. The lowest BCUT2D eigenvalue weighted by Gasteiger charge is -2.25. The zero-order valence-corrected chi connectivity index (χ0v) is 13.1. The quantitative estimate of drug-likeness (QED) is 0.848. The Labute approximate surface area is 121 Å². The third-order valence-electron chi connectivity index (χ3n) is 3.59. The maximum atomic E-state index is 13.3. The molecule has 1 atom stereocenters. The van der Waals surface area contributed by atoms with Crippen LogP contribution in [0.4, 0.5) is 10.1 Å². The summed E-state index contributed by atoms with van der Waals surface area (Å²) in [7, 11) is -2.16. The van der Waals surface area contributed by atoms with Gasteiger partial charge in [-0.1, -0.05) is 0 Å². The van der Waals surface area contributed by atoms with Crippen LogP contribution in [-0.4, -0.2) is 25.8 Å². The molecule has 2 rings (SSSR count). The lowest BCUT2D eigenvalue weighted by molar-refractivity contribution is 0.357. The highest BCUT2D eigenvalue weighted by Gasteiger charge is 2.36. The summed E-state index contributed by atoms with van der Waals surface area (Å²) in [5.41, 5.74) is 5.57. The van der Waals surface area contributed by atoms with Gasteiger partial charge >= 0.3 is 0 Å². The van der Waals surface area contributed by atoms with Crippen LogP contribution in [0.25, 0.3) is 0 Å². The third-order valence-corrected chi connectivity index (χ3v) is 6.20. The fourth-order valence-electron chi connectivity index (χ4n) is 2.02. The van der Waals surface area contributed by atoms with Crippen molar-refractivity contribution in [1.29, 1.82) is 0 Å². The van der Waals surface area contributed by atoms with Crippen LogP contribution in [-0.2, 0) is 10.0 Å². The molecule has 1 aliphatic rings. The lowest BCUT2D eigenvalue weighted by Crippen LogP contribution is -2.36. The number of nitrogens with zero attached hydrogens (tertiary/aromatic N) is 1. The van der Waals surface area contributed by atoms with Crippen LogP contribution < -0.4 is 5.73 Å². The Morgan fingerprint density at radius 2 is 2.05 bits per heavy atom. The van der Waals surface area contributed by atoms with Gasteiger partial charge in [-0.15, -0.1) is 0 Å². The number of anilines is 1. The van der Waals surface area contributed by atoms with Crippen molar-refractivity contribution in [3.8, 4) is 0 Å². The normalized spacial score (nSPS) is 17.7. The summed E-state index contributed by atoms with van der Waals surface area (Å²) in [5, 5.41) is 0. The number of halogens is 2. The van der Waals surface area contributed by atoms with Gasteiger partial charge in [0, 0.05) is 13.1 Å². The van der Waals surface area contributed by atoms with Crippen molar-refractivity contribution in [3.63, 3.8) is 0 Å². The Bertz CT molecular complexity index is 602. The van der Waals surface area contributed by atoms with Gasteiger partial charge < -0.3 is 5.73 Å². The van der Waals surface area contributed by atoms with Crippen LogP contribution in [0.2, 0.25) is 0 Å². The van der Waals surface area contributed by atoms with Crippen molar-refractivity contribution >= 4 is 31.6 Å². The summed E-state index contributed by atoms with van der Waals surface area (Å²) in [6.45, 7) is 1.88. The average molecular weight is 351 g/mol. The van der Waals surface area contributed by atoms with Crippen LogP contribution in [0, 0.1) is 11.7 Å². The van der Waals surface area contributed by atoms with Crippen molar-refractivity contribution in [2.45, 2.75) is 30.7 Å². The van der Waals surface area contributed by atoms with Crippen LogP contribution >= 0.6 is 15.9 Å². The smallest absolute Gasteiger partial charge is 0.245 e. The molecule has 1 aromatic carbocycles. The van der Waals surface area contributed by atoms with Gasteiger partial charge in [-0.2, -0.15) is 4.31 Å². The standard InChI is InChI=1S/C12H16BrFN2O2S/c1-7(8-3-4-8)16(2)19(17,18)12-5-9(13)10(14)6-11(12)15/h5-8H,3-4,15H2,1-2H3. The Balaban J connectivity index is 2.41. The monoisotopic (exact) mass is 350 g/mol. The van der Waals surface area contributed by atoms with E-state index in [-0.39, 0.29) is 21.1 Å². The minimum absolute atomic E-state index is 0.0595. The van der Waals surface area contributed by atoms with E-state index in [0.29, 0.717) is 5.92 Å². The van der Waals surface area contributed by atoms with Gasteiger partial charge in [-0.25, -0.2) is 12.8 Å². The maximum Gasteiger partial charge on any atom is 0.245 e.